The Bertz CT molecular complexity index is 861. The van der Waals surface area contributed by atoms with Gasteiger partial charge in [-0.1, -0.05) is 6.92 Å². The van der Waals surface area contributed by atoms with Crippen LogP contribution >= 0.6 is 0 Å². The molecule has 2 aromatic rings. The van der Waals surface area contributed by atoms with E-state index >= 15 is 0 Å². The van der Waals surface area contributed by atoms with Crippen molar-refractivity contribution in [3.05, 3.63) is 47.5 Å². The maximum Gasteiger partial charge on any atom is 0.313 e. The number of carboxylic acid groups (broad SMARTS) is 1. The van der Waals surface area contributed by atoms with Crippen LogP contribution in [0.15, 0.2) is 30.5 Å². The number of aliphatic carboxylic acids is 1. The summed E-state index contributed by atoms with van der Waals surface area (Å²) in [6.07, 6.45) is 3.11. The van der Waals surface area contributed by atoms with E-state index in [1.165, 1.54) is 25.4 Å². The molecule has 1 unspecified atom stereocenters. The normalized spacial score (nSPS) is 19.6. The highest BCUT2D eigenvalue weighted by molar-refractivity contribution is 5.95. The molecule has 150 valence electrons. The van der Waals surface area contributed by atoms with Crippen molar-refractivity contribution in [1.82, 2.24) is 14.7 Å². The molecule has 7 nitrogen and oxygen atoms in total. The van der Waals surface area contributed by atoms with E-state index in [-0.39, 0.29) is 24.9 Å². The predicted molar refractivity (Wildman–Crippen MR) is 100.0 cm³/mol. The molecule has 1 aliphatic rings. The number of carbonyl (C=O) groups excluding carboxylic acids is 1. The molecule has 0 bridgehead atoms. The molecule has 3 rings (SSSR count). The highest BCUT2D eigenvalue weighted by atomic mass is 19.1. The fraction of sp³-hybridized carbons (Fsp3) is 0.450. The Morgan fingerprint density at radius 3 is 2.64 bits per heavy atom. The number of amides is 1. The third-order valence-corrected chi connectivity index (χ3v) is 5.24. The number of nitrogens with zero attached hydrogens (tertiary/aromatic N) is 3. The fourth-order valence-corrected chi connectivity index (χ4v) is 3.80. The van der Waals surface area contributed by atoms with Crippen LogP contribution < -0.4 is 0 Å². The van der Waals surface area contributed by atoms with Gasteiger partial charge in [-0.3, -0.25) is 9.59 Å². The highest BCUT2D eigenvalue weighted by Gasteiger charge is 2.44. The molecule has 0 saturated carbocycles. The van der Waals surface area contributed by atoms with Crippen LogP contribution in [-0.2, 0) is 16.0 Å². The van der Waals surface area contributed by atoms with Gasteiger partial charge in [0.1, 0.15) is 11.2 Å². The van der Waals surface area contributed by atoms with Gasteiger partial charge in [-0.05, 0) is 43.5 Å². The van der Waals surface area contributed by atoms with Crippen molar-refractivity contribution < 1.29 is 23.8 Å². The molecule has 8 heteroatoms. The molecule has 1 amide bonds. The molecule has 2 heterocycles. The van der Waals surface area contributed by atoms with Crippen LogP contribution in [0.2, 0.25) is 0 Å². The quantitative estimate of drug-likeness (QED) is 0.821. The summed E-state index contributed by atoms with van der Waals surface area (Å²) in [6.45, 7) is 2.56. The molecule has 1 saturated heterocycles. The summed E-state index contributed by atoms with van der Waals surface area (Å²) < 4.78 is 20.0. The summed E-state index contributed by atoms with van der Waals surface area (Å²) in [7, 11) is 1.47. The zero-order valence-electron chi connectivity index (χ0n) is 16.0. The fourth-order valence-electron chi connectivity index (χ4n) is 3.80. The molecule has 1 aliphatic heterocycles. The molecule has 0 radical (unpaired) electrons. The smallest absolute Gasteiger partial charge is 0.313 e. The summed E-state index contributed by atoms with van der Waals surface area (Å²) in [5.41, 5.74) is 0.706. The van der Waals surface area contributed by atoms with Crippen molar-refractivity contribution >= 4 is 11.9 Å². The topological polar surface area (TPSA) is 84.7 Å². The Labute approximate surface area is 162 Å². The van der Waals surface area contributed by atoms with Crippen LogP contribution in [0.4, 0.5) is 4.39 Å². The molecule has 1 N–H and O–H groups in total. The van der Waals surface area contributed by atoms with Gasteiger partial charge in [0, 0.05) is 20.2 Å². The molecule has 1 aromatic heterocycles. The van der Waals surface area contributed by atoms with Crippen LogP contribution in [0, 0.1) is 11.2 Å². The van der Waals surface area contributed by atoms with E-state index in [1.54, 1.807) is 21.7 Å². The van der Waals surface area contributed by atoms with Crippen molar-refractivity contribution in [2.75, 3.05) is 26.8 Å². The first kappa shape index (κ1) is 20.0. The molecule has 1 fully saturated rings. The lowest BCUT2D eigenvalue weighted by Gasteiger charge is -2.39. The molecular formula is C20H24FN3O4. The molecular weight excluding hydrogens is 365 g/mol. The highest BCUT2D eigenvalue weighted by Crippen LogP contribution is 2.32. The van der Waals surface area contributed by atoms with E-state index in [0.29, 0.717) is 42.8 Å². The van der Waals surface area contributed by atoms with Gasteiger partial charge in [0.25, 0.3) is 5.91 Å². The number of ether oxygens (including phenoxy) is 1. The van der Waals surface area contributed by atoms with Crippen molar-refractivity contribution in [2.45, 2.75) is 26.2 Å². The third-order valence-electron chi connectivity index (χ3n) is 5.24. The van der Waals surface area contributed by atoms with Crippen molar-refractivity contribution in [3.8, 4) is 5.69 Å². The van der Waals surface area contributed by atoms with Gasteiger partial charge in [0.15, 0.2) is 0 Å². The molecule has 0 spiro atoms. The number of piperidine rings is 1. The van der Waals surface area contributed by atoms with Gasteiger partial charge in [-0.2, -0.15) is 5.10 Å². The average molecular weight is 389 g/mol. The lowest BCUT2D eigenvalue weighted by Crippen LogP contribution is -2.52. The molecule has 0 aliphatic carbocycles. The minimum Gasteiger partial charge on any atom is -0.481 e. The van der Waals surface area contributed by atoms with Crippen LogP contribution in [0.5, 0.6) is 0 Å². The van der Waals surface area contributed by atoms with Gasteiger partial charge in [0.2, 0.25) is 0 Å². The first-order chi connectivity index (χ1) is 13.4. The summed E-state index contributed by atoms with van der Waals surface area (Å²) >= 11 is 0. The number of methoxy groups -OCH3 is 1. The number of aromatic nitrogens is 2. The first-order valence-electron chi connectivity index (χ1n) is 9.26. The van der Waals surface area contributed by atoms with Crippen molar-refractivity contribution in [1.29, 1.82) is 0 Å². The van der Waals surface area contributed by atoms with Crippen LogP contribution in [0.3, 0.4) is 0 Å². The van der Waals surface area contributed by atoms with Gasteiger partial charge in [0.05, 0.1) is 29.7 Å². The van der Waals surface area contributed by atoms with E-state index in [4.69, 9.17) is 4.74 Å². The maximum absolute atomic E-state index is 13.2. The molecule has 28 heavy (non-hydrogen) atoms. The number of carbonyl (C=O) groups is 2. The van der Waals surface area contributed by atoms with Gasteiger partial charge in [-0.25, -0.2) is 9.07 Å². The largest absolute Gasteiger partial charge is 0.481 e. The van der Waals surface area contributed by atoms with E-state index in [2.05, 4.69) is 5.10 Å². The standard InChI is InChI=1S/C20H24FN3O4/c1-3-17-16(11-22-24(17)15-7-5-14(21)6-8-15)18(25)23-10-4-9-20(12-23,13-28-2)19(26)27/h5-8,11H,3-4,9-10,12-13H2,1-2H3,(H,26,27). The minimum atomic E-state index is -1.10. The first-order valence-corrected chi connectivity index (χ1v) is 9.26. The lowest BCUT2D eigenvalue weighted by atomic mass is 9.80. The number of benzene rings is 1. The van der Waals surface area contributed by atoms with Gasteiger partial charge < -0.3 is 14.7 Å². The number of halogens is 1. The number of likely N-dealkylation sites (tertiary alicyclic amines) is 1. The van der Waals surface area contributed by atoms with Gasteiger partial charge >= 0.3 is 5.97 Å². The van der Waals surface area contributed by atoms with Crippen LogP contribution in [-0.4, -0.2) is 58.5 Å². The zero-order valence-corrected chi connectivity index (χ0v) is 16.0. The van der Waals surface area contributed by atoms with E-state index < -0.39 is 11.4 Å². The predicted octanol–water partition coefficient (Wildman–Crippen LogP) is 2.53. The van der Waals surface area contributed by atoms with Crippen LogP contribution in [0.25, 0.3) is 5.69 Å². The Hall–Kier alpha value is -2.74. The number of rotatable bonds is 6. The number of hydrogen-bond acceptors (Lipinski definition) is 4. The maximum atomic E-state index is 13.2. The Morgan fingerprint density at radius 2 is 2.04 bits per heavy atom. The van der Waals surface area contributed by atoms with E-state index in [1.807, 2.05) is 6.92 Å². The summed E-state index contributed by atoms with van der Waals surface area (Å²) in [4.78, 5) is 26.6. The average Bonchev–Trinajstić information content (AvgIpc) is 3.12. The second-order valence-electron chi connectivity index (χ2n) is 7.10. The zero-order chi connectivity index (χ0) is 20.3. The second-order valence-corrected chi connectivity index (χ2v) is 7.10. The van der Waals surface area contributed by atoms with Crippen LogP contribution in [0.1, 0.15) is 35.8 Å². The Morgan fingerprint density at radius 1 is 1.32 bits per heavy atom. The van der Waals surface area contributed by atoms with E-state index in [0.717, 1.165) is 0 Å². The molecule has 1 aromatic carbocycles. The summed E-state index contributed by atoms with van der Waals surface area (Å²) in [5, 5.41) is 14.0. The molecule has 1 atom stereocenters. The Balaban J connectivity index is 1.90. The van der Waals surface area contributed by atoms with E-state index in [9.17, 15) is 19.1 Å². The lowest BCUT2D eigenvalue weighted by molar-refractivity contribution is -0.155. The summed E-state index contributed by atoms with van der Waals surface area (Å²) in [6, 6.07) is 5.89. The summed E-state index contributed by atoms with van der Waals surface area (Å²) in [5.74, 6) is -1.54. The van der Waals surface area contributed by atoms with Crippen molar-refractivity contribution in [3.63, 3.8) is 0 Å². The third kappa shape index (κ3) is 3.64. The minimum absolute atomic E-state index is 0.0571. The second kappa shape index (κ2) is 8.10. The SMILES string of the molecule is CCc1c(C(=O)N2CCCC(COC)(C(=O)O)C2)cnn1-c1ccc(F)cc1. The monoisotopic (exact) mass is 389 g/mol. The number of carboxylic acids is 1. The van der Waals surface area contributed by atoms with Crippen molar-refractivity contribution in [2.24, 2.45) is 5.41 Å². The number of hydrogen-bond donors (Lipinski definition) is 1. The Kier molecular flexibility index (Phi) is 5.79. The van der Waals surface area contributed by atoms with Gasteiger partial charge in [-0.15, -0.1) is 0 Å².